The van der Waals surface area contributed by atoms with E-state index in [9.17, 15) is 14.4 Å². The maximum atomic E-state index is 12.5. The van der Waals surface area contributed by atoms with Crippen LogP contribution in [0.1, 0.15) is 28.4 Å². The molecule has 0 aromatic heterocycles. The Kier molecular flexibility index (Phi) is 7.96. The number of hydrogen-bond donors (Lipinski definition) is 2. The first-order valence-electron chi connectivity index (χ1n) is 10.2. The van der Waals surface area contributed by atoms with Crippen molar-refractivity contribution in [3.63, 3.8) is 0 Å². The minimum absolute atomic E-state index is 0.220. The van der Waals surface area contributed by atoms with E-state index in [1.54, 1.807) is 43.5 Å². The lowest BCUT2D eigenvalue weighted by molar-refractivity contribution is -0.131. The highest BCUT2D eigenvalue weighted by Crippen LogP contribution is 2.16. The summed E-state index contributed by atoms with van der Waals surface area (Å²) in [5, 5.41) is 5.61. The molecule has 2 amide bonds. The van der Waals surface area contributed by atoms with E-state index in [1.165, 1.54) is 19.1 Å². The maximum absolute atomic E-state index is 12.5. The minimum Gasteiger partial charge on any atom is -0.497 e. The summed E-state index contributed by atoms with van der Waals surface area (Å²) >= 11 is 0. The van der Waals surface area contributed by atoms with E-state index >= 15 is 0 Å². The standard InChI is InChI=1S/C26H24N2O5/c1-18(29)33-24-8-4-6-21(16-24)26(31)28-22-12-9-20(10-13-22)17-27-25(30)14-11-19-5-3-7-23(15-19)32-2/h3-16H,17H2,1-2H3,(H,27,30)(H,28,31)/b14-11+. The Labute approximate surface area is 192 Å². The Bertz CT molecular complexity index is 1170. The second kappa shape index (κ2) is 11.3. The van der Waals surface area contributed by atoms with Crippen molar-refractivity contribution in [2.75, 3.05) is 12.4 Å². The van der Waals surface area contributed by atoms with Crippen LogP contribution in [0.4, 0.5) is 5.69 Å². The third kappa shape index (κ3) is 7.36. The van der Waals surface area contributed by atoms with E-state index in [4.69, 9.17) is 9.47 Å². The molecule has 0 aliphatic carbocycles. The Morgan fingerprint density at radius 3 is 2.36 bits per heavy atom. The summed E-state index contributed by atoms with van der Waals surface area (Å²) < 4.78 is 10.2. The number of ether oxygens (including phenoxy) is 2. The molecule has 0 heterocycles. The molecule has 33 heavy (non-hydrogen) atoms. The molecule has 0 unspecified atom stereocenters. The van der Waals surface area contributed by atoms with Gasteiger partial charge in [0.2, 0.25) is 5.91 Å². The van der Waals surface area contributed by atoms with Crippen LogP contribution in [-0.2, 0) is 16.1 Å². The molecule has 2 N–H and O–H groups in total. The fourth-order valence-corrected chi connectivity index (χ4v) is 2.94. The summed E-state index contributed by atoms with van der Waals surface area (Å²) in [6, 6.07) is 20.9. The molecule has 3 rings (SSSR count). The molecule has 0 fully saturated rings. The predicted octanol–water partition coefficient (Wildman–Crippen LogP) is 4.20. The van der Waals surface area contributed by atoms with Gasteiger partial charge in [0.25, 0.3) is 5.91 Å². The monoisotopic (exact) mass is 444 g/mol. The molecule has 3 aromatic carbocycles. The van der Waals surface area contributed by atoms with Gasteiger partial charge >= 0.3 is 5.97 Å². The first-order valence-corrected chi connectivity index (χ1v) is 10.2. The topological polar surface area (TPSA) is 93.7 Å². The first-order chi connectivity index (χ1) is 15.9. The molecule has 168 valence electrons. The van der Waals surface area contributed by atoms with Gasteiger partial charge in [-0.15, -0.1) is 0 Å². The van der Waals surface area contributed by atoms with Crippen LogP contribution in [0.5, 0.6) is 11.5 Å². The normalized spacial score (nSPS) is 10.5. The van der Waals surface area contributed by atoms with Crippen LogP contribution in [-0.4, -0.2) is 24.9 Å². The fraction of sp³-hybridized carbons (Fsp3) is 0.115. The van der Waals surface area contributed by atoms with Gasteiger partial charge in [0.15, 0.2) is 0 Å². The third-order valence-electron chi connectivity index (χ3n) is 4.56. The van der Waals surface area contributed by atoms with Crippen LogP contribution < -0.4 is 20.1 Å². The lowest BCUT2D eigenvalue weighted by Crippen LogP contribution is -2.20. The largest absolute Gasteiger partial charge is 0.497 e. The molecule has 0 aliphatic heterocycles. The lowest BCUT2D eigenvalue weighted by atomic mass is 10.1. The first kappa shape index (κ1) is 23.3. The molecule has 0 spiro atoms. The summed E-state index contributed by atoms with van der Waals surface area (Å²) in [6.07, 6.45) is 3.18. The van der Waals surface area contributed by atoms with Crippen molar-refractivity contribution >= 4 is 29.5 Å². The Morgan fingerprint density at radius 2 is 1.64 bits per heavy atom. The molecule has 0 atom stereocenters. The van der Waals surface area contributed by atoms with Crippen LogP contribution >= 0.6 is 0 Å². The Hall–Kier alpha value is -4.39. The average molecular weight is 444 g/mol. The minimum atomic E-state index is -0.453. The number of carbonyl (C=O) groups excluding carboxylic acids is 3. The van der Waals surface area contributed by atoms with E-state index in [2.05, 4.69) is 10.6 Å². The Morgan fingerprint density at radius 1 is 0.909 bits per heavy atom. The number of nitrogens with one attached hydrogen (secondary N) is 2. The van der Waals surface area contributed by atoms with Crippen molar-refractivity contribution in [3.8, 4) is 11.5 Å². The highest BCUT2D eigenvalue weighted by molar-refractivity contribution is 6.04. The SMILES string of the molecule is COc1cccc(/C=C/C(=O)NCc2ccc(NC(=O)c3cccc(OC(C)=O)c3)cc2)c1. The van der Waals surface area contributed by atoms with Crippen molar-refractivity contribution in [1.29, 1.82) is 0 Å². The number of rotatable bonds is 8. The molecular formula is C26H24N2O5. The van der Waals surface area contributed by atoms with Gasteiger partial charge in [-0.25, -0.2) is 0 Å². The molecule has 7 nitrogen and oxygen atoms in total. The van der Waals surface area contributed by atoms with Crippen LogP contribution in [0.2, 0.25) is 0 Å². The summed E-state index contributed by atoms with van der Waals surface area (Å²) in [7, 11) is 1.59. The van der Waals surface area contributed by atoms with Gasteiger partial charge in [0, 0.05) is 30.8 Å². The highest BCUT2D eigenvalue weighted by Gasteiger charge is 2.08. The fourth-order valence-electron chi connectivity index (χ4n) is 2.94. The second-order valence-electron chi connectivity index (χ2n) is 7.10. The zero-order valence-corrected chi connectivity index (χ0v) is 18.3. The van der Waals surface area contributed by atoms with Crippen LogP contribution in [0.25, 0.3) is 6.08 Å². The number of esters is 1. The van der Waals surface area contributed by atoms with Crippen molar-refractivity contribution in [2.24, 2.45) is 0 Å². The van der Waals surface area contributed by atoms with Crippen molar-refractivity contribution in [3.05, 3.63) is 95.6 Å². The number of carbonyl (C=O) groups is 3. The van der Waals surface area contributed by atoms with Crippen LogP contribution in [0, 0.1) is 0 Å². The van der Waals surface area contributed by atoms with Crippen LogP contribution in [0.3, 0.4) is 0 Å². The van der Waals surface area contributed by atoms with Crippen LogP contribution in [0.15, 0.2) is 78.9 Å². The van der Waals surface area contributed by atoms with Crippen molar-refractivity contribution in [2.45, 2.75) is 13.5 Å². The number of methoxy groups -OCH3 is 1. The quantitative estimate of drug-likeness (QED) is 0.309. The van der Waals surface area contributed by atoms with Gasteiger partial charge in [-0.1, -0.05) is 30.3 Å². The van der Waals surface area contributed by atoms with E-state index in [1.807, 2.05) is 36.4 Å². The summed E-state index contributed by atoms with van der Waals surface area (Å²) in [4.78, 5) is 35.6. The molecular weight excluding hydrogens is 420 g/mol. The molecule has 0 radical (unpaired) electrons. The third-order valence-corrected chi connectivity index (χ3v) is 4.56. The zero-order chi connectivity index (χ0) is 23.6. The molecule has 3 aromatic rings. The smallest absolute Gasteiger partial charge is 0.308 e. The van der Waals surface area contributed by atoms with Crippen molar-refractivity contribution in [1.82, 2.24) is 5.32 Å². The van der Waals surface area contributed by atoms with Gasteiger partial charge in [-0.05, 0) is 59.7 Å². The van der Waals surface area contributed by atoms with Gasteiger partial charge in [0.1, 0.15) is 11.5 Å². The van der Waals surface area contributed by atoms with Crippen molar-refractivity contribution < 1.29 is 23.9 Å². The number of hydrogen-bond acceptors (Lipinski definition) is 5. The molecule has 0 bridgehead atoms. The van der Waals surface area contributed by atoms with Gasteiger partial charge in [-0.2, -0.15) is 0 Å². The molecule has 7 heteroatoms. The second-order valence-corrected chi connectivity index (χ2v) is 7.10. The number of benzene rings is 3. The van der Waals surface area contributed by atoms with Gasteiger partial charge in [-0.3, -0.25) is 14.4 Å². The highest BCUT2D eigenvalue weighted by atomic mass is 16.5. The summed E-state index contributed by atoms with van der Waals surface area (Å²) in [5.41, 5.74) is 2.72. The van der Waals surface area contributed by atoms with E-state index in [0.717, 1.165) is 16.9 Å². The summed E-state index contributed by atoms with van der Waals surface area (Å²) in [6.45, 7) is 1.65. The van der Waals surface area contributed by atoms with E-state index < -0.39 is 5.97 Å². The summed E-state index contributed by atoms with van der Waals surface area (Å²) in [5.74, 6) is 0.0325. The maximum Gasteiger partial charge on any atom is 0.308 e. The predicted molar refractivity (Wildman–Crippen MR) is 126 cm³/mol. The number of anilines is 1. The number of amides is 2. The zero-order valence-electron chi connectivity index (χ0n) is 18.3. The molecule has 0 saturated carbocycles. The Balaban J connectivity index is 1.51. The lowest BCUT2D eigenvalue weighted by Gasteiger charge is -2.08. The van der Waals surface area contributed by atoms with Gasteiger partial charge in [0.05, 0.1) is 7.11 Å². The van der Waals surface area contributed by atoms with Gasteiger partial charge < -0.3 is 20.1 Å². The average Bonchev–Trinajstić information content (AvgIpc) is 2.82. The van der Waals surface area contributed by atoms with E-state index in [-0.39, 0.29) is 11.8 Å². The molecule has 0 saturated heterocycles. The van der Waals surface area contributed by atoms with E-state index in [0.29, 0.717) is 23.5 Å². The molecule has 0 aliphatic rings.